The van der Waals surface area contributed by atoms with Gasteiger partial charge in [0, 0.05) is 58.1 Å². The number of oxazole rings is 1. The molecular formula is C21H26N6O5S. The minimum atomic E-state index is -3.71. The third kappa shape index (κ3) is 4.09. The number of piperazine rings is 1. The van der Waals surface area contributed by atoms with E-state index in [-0.39, 0.29) is 4.90 Å². The molecule has 176 valence electrons. The first-order chi connectivity index (χ1) is 15.8. The number of aromatic nitrogens is 3. The van der Waals surface area contributed by atoms with E-state index >= 15 is 0 Å². The highest BCUT2D eigenvalue weighted by atomic mass is 32.2. The third-order valence-corrected chi connectivity index (χ3v) is 7.98. The van der Waals surface area contributed by atoms with Crippen molar-refractivity contribution < 1.29 is 17.6 Å². The maximum Gasteiger partial charge on any atom is 0.419 e. The van der Waals surface area contributed by atoms with Gasteiger partial charge < -0.3 is 19.0 Å². The highest BCUT2D eigenvalue weighted by Crippen LogP contribution is 2.24. The van der Waals surface area contributed by atoms with Gasteiger partial charge in [-0.1, -0.05) is 0 Å². The minimum absolute atomic E-state index is 0.146. The number of benzene rings is 1. The van der Waals surface area contributed by atoms with Crippen LogP contribution in [0.15, 0.2) is 38.4 Å². The van der Waals surface area contributed by atoms with Crippen LogP contribution in [0.25, 0.3) is 11.1 Å². The molecule has 2 aromatic heterocycles. The molecule has 0 radical (unpaired) electrons. The second kappa shape index (κ2) is 8.43. The molecule has 4 heterocycles. The van der Waals surface area contributed by atoms with Gasteiger partial charge in [0.2, 0.25) is 16.0 Å². The zero-order valence-corrected chi connectivity index (χ0v) is 19.4. The fourth-order valence-corrected chi connectivity index (χ4v) is 5.62. The normalized spacial score (nSPS) is 18.2. The number of hydrogen-bond donors (Lipinski definition) is 0. The lowest BCUT2D eigenvalue weighted by Gasteiger charge is -2.35. The van der Waals surface area contributed by atoms with Gasteiger partial charge in [0.1, 0.15) is 5.82 Å². The lowest BCUT2D eigenvalue weighted by molar-refractivity contribution is 0.122. The van der Waals surface area contributed by atoms with E-state index in [1.54, 1.807) is 7.05 Å². The Morgan fingerprint density at radius 1 is 0.939 bits per heavy atom. The zero-order chi connectivity index (χ0) is 23.2. The Labute approximate surface area is 191 Å². The second-order valence-electron chi connectivity index (χ2n) is 8.21. The van der Waals surface area contributed by atoms with Crippen LogP contribution in [0, 0.1) is 6.92 Å². The fourth-order valence-electron chi connectivity index (χ4n) is 4.18. The summed E-state index contributed by atoms with van der Waals surface area (Å²) in [6, 6.07) is 6.43. The maximum atomic E-state index is 13.3. The molecule has 11 nitrogen and oxygen atoms in total. The summed E-state index contributed by atoms with van der Waals surface area (Å²) in [6.45, 7) is 6.46. The molecular weight excluding hydrogens is 448 g/mol. The molecule has 2 fully saturated rings. The number of rotatable bonds is 4. The monoisotopic (exact) mass is 474 g/mol. The highest BCUT2D eigenvalue weighted by Gasteiger charge is 2.30. The van der Waals surface area contributed by atoms with E-state index in [0.29, 0.717) is 56.4 Å². The maximum absolute atomic E-state index is 13.3. The van der Waals surface area contributed by atoms with E-state index in [4.69, 9.17) is 14.1 Å². The molecule has 1 aromatic carbocycles. The van der Waals surface area contributed by atoms with Crippen molar-refractivity contribution in [2.45, 2.75) is 11.8 Å². The molecule has 0 atom stereocenters. The van der Waals surface area contributed by atoms with Gasteiger partial charge in [-0.3, -0.25) is 4.57 Å². The molecule has 33 heavy (non-hydrogen) atoms. The molecule has 2 saturated heterocycles. The second-order valence-corrected chi connectivity index (χ2v) is 10.2. The Morgan fingerprint density at radius 3 is 2.39 bits per heavy atom. The number of fused-ring (bicyclic) bond motifs is 1. The molecule has 0 N–H and O–H groups in total. The van der Waals surface area contributed by atoms with Crippen molar-refractivity contribution >= 4 is 32.9 Å². The molecule has 0 amide bonds. The SMILES string of the molecule is Cc1cc(N2CCN(S(=O)(=O)c3ccc4oc(=O)n(C)c4c3)CC2)nc(N2CCOCC2)n1. The van der Waals surface area contributed by atoms with Crippen molar-refractivity contribution in [1.29, 1.82) is 0 Å². The van der Waals surface area contributed by atoms with Crippen molar-refractivity contribution in [3.05, 3.63) is 40.5 Å². The van der Waals surface area contributed by atoms with E-state index in [0.717, 1.165) is 24.6 Å². The summed E-state index contributed by atoms with van der Waals surface area (Å²) in [7, 11) is -2.15. The van der Waals surface area contributed by atoms with E-state index in [9.17, 15) is 13.2 Å². The van der Waals surface area contributed by atoms with Crippen molar-refractivity contribution in [1.82, 2.24) is 18.8 Å². The van der Waals surface area contributed by atoms with Gasteiger partial charge in [-0.05, 0) is 25.1 Å². The Hall–Kier alpha value is -2.96. The third-order valence-electron chi connectivity index (χ3n) is 6.09. The summed E-state index contributed by atoms with van der Waals surface area (Å²) in [5.74, 6) is 0.961. The lowest BCUT2D eigenvalue weighted by Crippen LogP contribution is -2.49. The summed E-state index contributed by atoms with van der Waals surface area (Å²) in [4.78, 5) is 25.4. The van der Waals surface area contributed by atoms with Crippen molar-refractivity contribution in [2.24, 2.45) is 7.05 Å². The number of anilines is 2. The summed E-state index contributed by atoms with van der Waals surface area (Å²) < 4.78 is 39.8. The number of aryl methyl sites for hydroxylation is 2. The van der Waals surface area contributed by atoms with Gasteiger partial charge in [-0.15, -0.1) is 0 Å². The smallest absolute Gasteiger partial charge is 0.408 e. The van der Waals surface area contributed by atoms with E-state index in [1.165, 1.54) is 27.1 Å². The van der Waals surface area contributed by atoms with Gasteiger partial charge in [-0.2, -0.15) is 9.29 Å². The van der Waals surface area contributed by atoms with Crippen LogP contribution < -0.4 is 15.6 Å². The molecule has 0 aliphatic carbocycles. The summed E-state index contributed by atoms with van der Waals surface area (Å²) in [5.41, 5.74) is 1.68. The molecule has 0 bridgehead atoms. The van der Waals surface area contributed by atoms with Crippen LogP contribution in [0.4, 0.5) is 11.8 Å². The largest absolute Gasteiger partial charge is 0.419 e. The van der Waals surface area contributed by atoms with Gasteiger partial charge in [-0.25, -0.2) is 18.2 Å². The Kier molecular flexibility index (Phi) is 5.59. The van der Waals surface area contributed by atoms with Crippen LogP contribution in [0.2, 0.25) is 0 Å². The van der Waals surface area contributed by atoms with Gasteiger partial charge >= 0.3 is 5.76 Å². The standard InChI is InChI=1S/C21H26N6O5S/c1-15-13-19(23-20(22-15)26-9-11-31-12-10-26)25-5-7-27(8-6-25)33(29,30)16-3-4-18-17(14-16)24(2)21(28)32-18/h3-4,13-14H,5-12H2,1-2H3. The molecule has 0 spiro atoms. The number of morpholine rings is 1. The van der Waals surface area contributed by atoms with Crippen LogP contribution in [0.5, 0.6) is 0 Å². The average molecular weight is 475 g/mol. The highest BCUT2D eigenvalue weighted by molar-refractivity contribution is 7.89. The van der Waals surface area contributed by atoms with E-state index in [2.05, 4.69) is 14.8 Å². The summed E-state index contributed by atoms with van der Waals surface area (Å²) in [6.07, 6.45) is 0. The zero-order valence-electron chi connectivity index (χ0n) is 18.6. The van der Waals surface area contributed by atoms with Gasteiger partial charge in [0.05, 0.1) is 23.6 Å². The summed E-state index contributed by atoms with van der Waals surface area (Å²) in [5, 5.41) is 0. The number of ether oxygens (including phenoxy) is 1. The van der Waals surface area contributed by atoms with Crippen LogP contribution in [-0.2, 0) is 21.8 Å². The molecule has 2 aliphatic rings. The predicted molar refractivity (Wildman–Crippen MR) is 122 cm³/mol. The van der Waals surface area contributed by atoms with E-state index < -0.39 is 15.8 Å². The van der Waals surface area contributed by atoms with Gasteiger partial charge in [0.25, 0.3) is 0 Å². The van der Waals surface area contributed by atoms with Crippen LogP contribution in [0.1, 0.15) is 5.69 Å². The number of nitrogens with zero attached hydrogens (tertiary/aromatic N) is 6. The number of sulfonamides is 1. The molecule has 0 unspecified atom stereocenters. The lowest BCUT2D eigenvalue weighted by atomic mass is 10.3. The van der Waals surface area contributed by atoms with Crippen molar-refractivity contribution in [3.63, 3.8) is 0 Å². The van der Waals surface area contributed by atoms with Crippen LogP contribution in [-0.4, -0.2) is 79.7 Å². The minimum Gasteiger partial charge on any atom is -0.408 e. The Balaban J connectivity index is 1.33. The first-order valence-electron chi connectivity index (χ1n) is 10.9. The first-order valence-corrected chi connectivity index (χ1v) is 12.3. The molecule has 2 aliphatic heterocycles. The molecule has 3 aromatic rings. The Morgan fingerprint density at radius 2 is 1.67 bits per heavy atom. The molecule has 0 saturated carbocycles. The summed E-state index contributed by atoms with van der Waals surface area (Å²) >= 11 is 0. The number of hydrogen-bond acceptors (Lipinski definition) is 9. The topological polar surface area (TPSA) is 114 Å². The van der Waals surface area contributed by atoms with Crippen LogP contribution >= 0.6 is 0 Å². The fraction of sp³-hybridized carbons (Fsp3) is 0.476. The van der Waals surface area contributed by atoms with Gasteiger partial charge in [0.15, 0.2) is 5.58 Å². The van der Waals surface area contributed by atoms with Crippen molar-refractivity contribution in [2.75, 3.05) is 62.3 Å². The van der Waals surface area contributed by atoms with E-state index in [1.807, 2.05) is 13.0 Å². The first kappa shape index (κ1) is 21.9. The van der Waals surface area contributed by atoms with Crippen molar-refractivity contribution in [3.8, 4) is 0 Å². The average Bonchev–Trinajstić information content (AvgIpc) is 3.12. The quantitative estimate of drug-likeness (QED) is 0.536. The molecule has 12 heteroatoms. The predicted octanol–water partition coefficient (Wildman–Crippen LogP) is 0.577. The Bertz CT molecular complexity index is 1340. The molecule has 5 rings (SSSR count). The van der Waals surface area contributed by atoms with Crippen LogP contribution in [0.3, 0.4) is 0 Å².